The second-order valence-corrected chi connectivity index (χ2v) is 7.08. The average molecular weight is 379 g/mol. The third-order valence-electron chi connectivity index (χ3n) is 5.38. The molecule has 1 fully saturated rings. The maximum Gasteiger partial charge on any atom is 0.181 e. The summed E-state index contributed by atoms with van der Waals surface area (Å²) in [5, 5.41) is 16.5. The van der Waals surface area contributed by atoms with Gasteiger partial charge in [-0.15, -0.1) is 5.10 Å². The standard InChI is InChI=1S/C21H25N5O2/c1-27-17-10-8-9-16(15-17)26-20(23-24-25-26)21(13-6-3-7-14-21)22-18-11-4-5-12-19(18)28-2/h4-5,8-12,15,22H,3,6-7,13-14H2,1-2H3. The fraction of sp³-hybridized carbons (Fsp3) is 0.381. The Kier molecular flexibility index (Phi) is 5.14. The van der Waals surface area contributed by atoms with Crippen LogP contribution in [0.2, 0.25) is 0 Å². The Balaban J connectivity index is 1.78. The van der Waals surface area contributed by atoms with E-state index < -0.39 is 0 Å². The third-order valence-corrected chi connectivity index (χ3v) is 5.38. The van der Waals surface area contributed by atoms with E-state index in [4.69, 9.17) is 9.47 Å². The fourth-order valence-electron chi connectivity index (χ4n) is 3.97. The normalized spacial score (nSPS) is 15.8. The summed E-state index contributed by atoms with van der Waals surface area (Å²) >= 11 is 0. The molecule has 0 amide bonds. The lowest BCUT2D eigenvalue weighted by Crippen LogP contribution is -2.40. The Morgan fingerprint density at radius 2 is 1.79 bits per heavy atom. The fourth-order valence-corrected chi connectivity index (χ4v) is 3.97. The van der Waals surface area contributed by atoms with Gasteiger partial charge in [-0.1, -0.05) is 37.5 Å². The Morgan fingerprint density at radius 1 is 0.964 bits per heavy atom. The van der Waals surface area contributed by atoms with Gasteiger partial charge >= 0.3 is 0 Å². The van der Waals surface area contributed by atoms with E-state index in [1.54, 1.807) is 14.2 Å². The Morgan fingerprint density at radius 3 is 2.57 bits per heavy atom. The molecule has 4 rings (SSSR count). The van der Waals surface area contributed by atoms with Crippen LogP contribution < -0.4 is 14.8 Å². The van der Waals surface area contributed by atoms with Gasteiger partial charge in [0.1, 0.15) is 11.5 Å². The molecule has 1 N–H and O–H groups in total. The smallest absolute Gasteiger partial charge is 0.181 e. The summed E-state index contributed by atoms with van der Waals surface area (Å²) in [4.78, 5) is 0. The average Bonchev–Trinajstić information content (AvgIpc) is 3.26. The number of para-hydroxylation sites is 2. The number of methoxy groups -OCH3 is 2. The number of rotatable bonds is 6. The largest absolute Gasteiger partial charge is 0.497 e. The number of tetrazole rings is 1. The van der Waals surface area contributed by atoms with Gasteiger partial charge in [0.15, 0.2) is 5.82 Å². The first-order chi connectivity index (χ1) is 13.8. The molecular formula is C21H25N5O2. The van der Waals surface area contributed by atoms with Crippen LogP contribution >= 0.6 is 0 Å². The number of benzene rings is 2. The van der Waals surface area contributed by atoms with Crippen LogP contribution in [0.1, 0.15) is 37.9 Å². The molecule has 0 unspecified atom stereocenters. The van der Waals surface area contributed by atoms with E-state index in [1.807, 2.05) is 53.2 Å². The maximum atomic E-state index is 5.56. The molecule has 2 aromatic carbocycles. The monoisotopic (exact) mass is 379 g/mol. The Hall–Kier alpha value is -3.09. The first kappa shape index (κ1) is 18.3. The first-order valence-electron chi connectivity index (χ1n) is 9.60. The molecule has 1 aromatic heterocycles. The first-order valence-corrected chi connectivity index (χ1v) is 9.60. The quantitative estimate of drug-likeness (QED) is 0.699. The summed E-state index contributed by atoms with van der Waals surface area (Å²) < 4.78 is 12.7. The lowest BCUT2D eigenvalue weighted by molar-refractivity contribution is 0.307. The topological polar surface area (TPSA) is 74.1 Å². The summed E-state index contributed by atoms with van der Waals surface area (Å²) in [7, 11) is 3.35. The number of hydrogen-bond donors (Lipinski definition) is 1. The van der Waals surface area contributed by atoms with E-state index in [0.29, 0.717) is 0 Å². The highest BCUT2D eigenvalue weighted by atomic mass is 16.5. The number of anilines is 1. The van der Waals surface area contributed by atoms with Crippen molar-refractivity contribution in [2.24, 2.45) is 0 Å². The van der Waals surface area contributed by atoms with Gasteiger partial charge in [0.2, 0.25) is 0 Å². The SMILES string of the molecule is COc1cccc(-n2nnnc2C2(Nc3ccccc3OC)CCCCC2)c1. The second kappa shape index (κ2) is 7.88. The van der Waals surface area contributed by atoms with E-state index in [0.717, 1.165) is 54.4 Å². The minimum atomic E-state index is -0.362. The molecule has 0 spiro atoms. The van der Waals surface area contributed by atoms with Crippen molar-refractivity contribution in [3.63, 3.8) is 0 Å². The molecule has 3 aromatic rings. The predicted octanol–water partition coefficient (Wildman–Crippen LogP) is 3.95. The molecule has 1 aliphatic carbocycles. The summed E-state index contributed by atoms with van der Waals surface area (Å²) in [5.41, 5.74) is 1.47. The van der Waals surface area contributed by atoms with Crippen molar-refractivity contribution in [3.05, 3.63) is 54.4 Å². The van der Waals surface area contributed by atoms with Gasteiger partial charge in [-0.25, -0.2) is 0 Å². The lowest BCUT2D eigenvalue weighted by atomic mass is 9.80. The van der Waals surface area contributed by atoms with E-state index >= 15 is 0 Å². The highest BCUT2D eigenvalue weighted by Crippen LogP contribution is 2.41. The number of hydrogen-bond acceptors (Lipinski definition) is 6. The van der Waals surface area contributed by atoms with Gasteiger partial charge < -0.3 is 14.8 Å². The van der Waals surface area contributed by atoms with Crippen molar-refractivity contribution in [3.8, 4) is 17.2 Å². The van der Waals surface area contributed by atoms with Gasteiger partial charge in [0, 0.05) is 6.07 Å². The van der Waals surface area contributed by atoms with Crippen LogP contribution in [0.3, 0.4) is 0 Å². The minimum Gasteiger partial charge on any atom is -0.497 e. The van der Waals surface area contributed by atoms with Crippen LogP contribution in [0.4, 0.5) is 5.69 Å². The molecule has 28 heavy (non-hydrogen) atoms. The van der Waals surface area contributed by atoms with Crippen LogP contribution in [0.25, 0.3) is 5.69 Å². The summed E-state index contributed by atoms with van der Waals surface area (Å²) in [5.74, 6) is 2.40. The van der Waals surface area contributed by atoms with Gasteiger partial charge in [-0.3, -0.25) is 0 Å². The Bertz CT molecular complexity index is 934. The molecule has 1 saturated carbocycles. The minimum absolute atomic E-state index is 0.362. The van der Waals surface area contributed by atoms with Crippen molar-refractivity contribution in [2.75, 3.05) is 19.5 Å². The van der Waals surface area contributed by atoms with Gasteiger partial charge in [-0.2, -0.15) is 4.68 Å². The van der Waals surface area contributed by atoms with Crippen molar-refractivity contribution < 1.29 is 9.47 Å². The number of aromatic nitrogens is 4. The molecule has 0 aliphatic heterocycles. The van der Waals surface area contributed by atoms with Crippen LogP contribution in [-0.4, -0.2) is 34.4 Å². The molecule has 0 saturated heterocycles. The third kappa shape index (κ3) is 3.40. The van der Waals surface area contributed by atoms with E-state index in [-0.39, 0.29) is 5.54 Å². The number of ether oxygens (including phenoxy) is 2. The maximum absolute atomic E-state index is 5.56. The second-order valence-electron chi connectivity index (χ2n) is 7.08. The van der Waals surface area contributed by atoms with Crippen LogP contribution in [0, 0.1) is 0 Å². The van der Waals surface area contributed by atoms with Crippen molar-refractivity contribution >= 4 is 5.69 Å². The highest BCUT2D eigenvalue weighted by molar-refractivity contribution is 5.58. The van der Waals surface area contributed by atoms with Gasteiger partial charge in [0.25, 0.3) is 0 Å². The molecule has 7 nitrogen and oxygen atoms in total. The summed E-state index contributed by atoms with van der Waals surface area (Å²) in [6.45, 7) is 0. The van der Waals surface area contributed by atoms with Crippen LogP contribution in [-0.2, 0) is 5.54 Å². The molecule has 1 aliphatic rings. The summed E-state index contributed by atoms with van der Waals surface area (Å²) in [6.07, 6.45) is 5.36. The molecule has 1 heterocycles. The van der Waals surface area contributed by atoms with E-state index in [1.165, 1.54) is 6.42 Å². The van der Waals surface area contributed by atoms with E-state index in [2.05, 4.69) is 20.8 Å². The van der Waals surface area contributed by atoms with Crippen molar-refractivity contribution in [2.45, 2.75) is 37.6 Å². The van der Waals surface area contributed by atoms with Crippen LogP contribution in [0.5, 0.6) is 11.5 Å². The van der Waals surface area contributed by atoms with Crippen molar-refractivity contribution in [1.29, 1.82) is 0 Å². The van der Waals surface area contributed by atoms with Crippen molar-refractivity contribution in [1.82, 2.24) is 20.2 Å². The molecule has 146 valence electrons. The van der Waals surface area contributed by atoms with Gasteiger partial charge in [0.05, 0.1) is 31.1 Å². The zero-order chi connectivity index (χ0) is 19.4. The predicted molar refractivity (Wildman–Crippen MR) is 107 cm³/mol. The van der Waals surface area contributed by atoms with Gasteiger partial charge in [-0.05, 0) is 47.5 Å². The number of nitrogens with one attached hydrogen (secondary N) is 1. The lowest BCUT2D eigenvalue weighted by Gasteiger charge is -2.38. The molecule has 0 atom stereocenters. The highest BCUT2D eigenvalue weighted by Gasteiger charge is 2.39. The summed E-state index contributed by atoms with van der Waals surface area (Å²) in [6, 6.07) is 15.8. The molecular weight excluding hydrogens is 354 g/mol. The molecule has 0 radical (unpaired) electrons. The zero-order valence-corrected chi connectivity index (χ0v) is 16.3. The van der Waals surface area contributed by atoms with E-state index in [9.17, 15) is 0 Å². The Labute approximate surface area is 164 Å². The molecule has 0 bridgehead atoms. The zero-order valence-electron chi connectivity index (χ0n) is 16.3. The van der Waals surface area contributed by atoms with Crippen LogP contribution in [0.15, 0.2) is 48.5 Å². The molecule has 7 heteroatoms. The number of nitrogens with zero attached hydrogens (tertiary/aromatic N) is 4.